The lowest BCUT2D eigenvalue weighted by Crippen LogP contribution is -2.43. The van der Waals surface area contributed by atoms with Gasteiger partial charge in [0.05, 0.1) is 12.4 Å². The molecule has 0 radical (unpaired) electrons. The lowest BCUT2D eigenvalue weighted by Gasteiger charge is -2.24. The van der Waals surface area contributed by atoms with Crippen LogP contribution in [0.25, 0.3) is 5.69 Å². The minimum Gasteiger partial charge on any atom is -0.383 e. The van der Waals surface area contributed by atoms with Gasteiger partial charge in [-0.3, -0.25) is 23.7 Å². The van der Waals surface area contributed by atoms with Gasteiger partial charge in [0.15, 0.2) is 10.8 Å². The van der Waals surface area contributed by atoms with E-state index in [-0.39, 0.29) is 36.3 Å². The maximum Gasteiger partial charge on any atom is 0.330 e. The highest BCUT2D eigenvalue weighted by molar-refractivity contribution is 7.99. The van der Waals surface area contributed by atoms with E-state index in [1.165, 1.54) is 28.3 Å². The Labute approximate surface area is 200 Å². The predicted octanol–water partition coefficient (Wildman–Crippen LogP) is 1.58. The van der Waals surface area contributed by atoms with E-state index in [1.54, 1.807) is 0 Å². The molecule has 11 nitrogen and oxygen atoms in total. The third kappa shape index (κ3) is 5.57. The number of methoxy groups -OCH3 is 1. The van der Waals surface area contributed by atoms with Crippen molar-refractivity contribution in [3.05, 3.63) is 57.0 Å². The second kappa shape index (κ2) is 11.7. The normalized spacial score (nSPS) is 11.0. The number of hydrogen-bond acceptors (Lipinski definition) is 8. The average molecular weight is 488 g/mol. The molecule has 0 spiro atoms. The Morgan fingerprint density at radius 2 is 1.97 bits per heavy atom. The van der Waals surface area contributed by atoms with Crippen LogP contribution in [0.2, 0.25) is 0 Å². The summed E-state index contributed by atoms with van der Waals surface area (Å²) in [6.45, 7) is 4.43. The smallest absolute Gasteiger partial charge is 0.330 e. The van der Waals surface area contributed by atoms with Crippen LogP contribution in [0.1, 0.15) is 25.6 Å². The monoisotopic (exact) mass is 487 g/mol. The van der Waals surface area contributed by atoms with Gasteiger partial charge in [0.2, 0.25) is 5.91 Å². The number of carbonyl (C=O) groups excluding carboxylic acids is 1. The number of H-pyrrole nitrogens is 1. The Morgan fingerprint density at radius 3 is 2.65 bits per heavy atom. The van der Waals surface area contributed by atoms with Crippen molar-refractivity contribution in [1.29, 1.82) is 0 Å². The van der Waals surface area contributed by atoms with Gasteiger partial charge in [-0.15, -0.1) is 10.2 Å². The fourth-order valence-electron chi connectivity index (χ4n) is 3.44. The van der Waals surface area contributed by atoms with Crippen LogP contribution in [0.15, 0.2) is 45.1 Å². The van der Waals surface area contributed by atoms with Crippen molar-refractivity contribution in [2.24, 2.45) is 0 Å². The van der Waals surface area contributed by atoms with Crippen LogP contribution in [0.3, 0.4) is 0 Å². The SMILES string of the molecule is CCCCn1c(N)c(N(CCOC)C(=O)CSc2nnc(C)n2-c2ccccc2)c(=O)[nH]c1=O. The number of amides is 1. The summed E-state index contributed by atoms with van der Waals surface area (Å²) in [5.74, 6) is 0.239. The number of nitrogen functional groups attached to an aromatic ring is 1. The summed E-state index contributed by atoms with van der Waals surface area (Å²) in [7, 11) is 1.50. The molecule has 3 rings (SSSR count). The number of rotatable bonds is 11. The Hall–Kier alpha value is -3.38. The molecule has 0 saturated heterocycles. The minimum absolute atomic E-state index is 0.0261. The van der Waals surface area contributed by atoms with E-state index >= 15 is 0 Å². The van der Waals surface area contributed by atoms with Crippen molar-refractivity contribution in [2.45, 2.75) is 38.4 Å². The van der Waals surface area contributed by atoms with Gasteiger partial charge in [-0.05, 0) is 25.5 Å². The van der Waals surface area contributed by atoms with Gasteiger partial charge in [-0.2, -0.15) is 0 Å². The number of carbonyl (C=O) groups is 1. The van der Waals surface area contributed by atoms with E-state index in [1.807, 2.05) is 48.7 Å². The number of unbranched alkanes of at least 4 members (excludes halogenated alkanes) is 1. The van der Waals surface area contributed by atoms with Gasteiger partial charge in [-0.25, -0.2) is 4.79 Å². The molecule has 0 saturated carbocycles. The van der Waals surface area contributed by atoms with E-state index in [0.717, 1.165) is 12.1 Å². The molecule has 0 bridgehead atoms. The first-order valence-electron chi connectivity index (χ1n) is 10.9. The van der Waals surface area contributed by atoms with Crippen LogP contribution in [0, 0.1) is 6.92 Å². The van der Waals surface area contributed by atoms with Crippen LogP contribution < -0.4 is 21.9 Å². The number of nitrogens with one attached hydrogen (secondary N) is 1. The van der Waals surface area contributed by atoms with Crippen LogP contribution in [-0.2, 0) is 16.1 Å². The number of hydrogen-bond donors (Lipinski definition) is 2. The molecular formula is C22H29N7O4S. The standard InChI is InChI=1S/C22H29N7O4S/c1-4-5-11-28-19(23)18(20(31)24-21(28)32)27(12-13-33-3)17(30)14-34-22-26-25-15(2)29(22)16-9-7-6-8-10-16/h6-10H,4-5,11-14,23H2,1-3H3,(H,24,31,32). The van der Waals surface area contributed by atoms with E-state index in [4.69, 9.17) is 10.5 Å². The second-order valence-corrected chi connectivity index (χ2v) is 8.47. The molecule has 0 aliphatic carbocycles. The Kier molecular flexibility index (Phi) is 8.66. The molecule has 1 amide bonds. The molecule has 3 aromatic rings. The van der Waals surface area contributed by atoms with E-state index in [0.29, 0.717) is 23.9 Å². The fraction of sp³-hybridized carbons (Fsp3) is 0.409. The summed E-state index contributed by atoms with van der Waals surface area (Å²) in [5, 5.41) is 8.87. The lowest BCUT2D eigenvalue weighted by molar-refractivity contribution is -0.116. The molecule has 3 N–H and O–H groups in total. The van der Waals surface area contributed by atoms with Gasteiger partial charge in [-0.1, -0.05) is 43.3 Å². The summed E-state index contributed by atoms with van der Waals surface area (Å²) in [6.07, 6.45) is 1.54. The number of aromatic nitrogens is 5. The van der Waals surface area contributed by atoms with Gasteiger partial charge < -0.3 is 15.4 Å². The molecule has 182 valence electrons. The number of nitrogens with two attached hydrogens (primary N) is 1. The molecule has 0 atom stereocenters. The van der Waals surface area contributed by atoms with Gasteiger partial charge in [0.25, 0.3) is 5.56 Å². The van der Waals surface area contributed by atoms with E-state index < -0.39 is 11.2 Å². The van der Waals surface area contributed by atoms with Crippen molar-refractivity contribution >= 4 is 29.2 Å². The summed E-state index contributed by atoms with van der Waals surface area (Å²) < 4.78 is 8.28. The van der Waals surface area contributed by atoms with Gasteiger partial charge in [0.1, 0.15) is 11.6 Å². The zero-order valence-electron chi connectivity index (χ0n) is 19.5. The molecule has 2 heterocycles. The molecule has 1 aromatic carbocycles. The highest BCUT2D eigenvalue weighted by atomic mass is 32.2. The summed E-state index contributed by atoms with van der Waals surface area (Å²) in [4.78, 5) is 41.8. The maximum atomic E-state index is 13.3. The van der Waals surface area contributed by atoms with Crippen molar-refractivity contribution in [2.75, 3.05) is 36.6 Å². The molecule has 0 aliphatic rings. The number of ether oxygens (including phenoxy) is 1. The number of nitrogens with zero attached hydrogens (tertiary/aromatic N) is 5. The Bertz CT molecular complexity index is 1240. The van der Waals surface area contributed by atoms with Crippen LogP contribution in [-0.4, -0.2) is 56.2 Å². The summed E-state index contributed by atoms with van der Waals surface area (Å²) >= 11 is 1.20. The summed E-state index contributed by atoms with van der Waals surface area (Å²) in [5.41, 5.74) is 5.73. The van der Waals surface area contributed by atoms with Gasteiger partial charge >= 0.3 is 5.69 Å². The first-order valence-corrected chi connectivity index (χ1v) is 11.9. The molecular weight excluding hydrogens is 458 g/mol. The van der Waals surface area contributed by atoms with Crippen molar-refractivity contribution < 1.29 is 9.53 Å². The number of aryl methyl sites for hydroxylation is 1. The maximum absolute atomic E-state index is 13.3. The van der Waals surface area contributed by atoms with Crippen LogP contribution in [0.4, 0.5) is 11.5 Å². The topological polar surface area (TPSA) is 141 Å². The average Bonchev–Trinajstić information content (AvgIpc) is 3.20. The quantitative estimate of drug-likeness (QED) is 0.388. The van der Waals surface area contributed by atoms with Crippen LogP contribution in [0.5, 0.6) is 0 Å². The highest BCUT2D eigenvalue weighted by Crippen LogP contribution is 2.24. The minimum atomic E-state index is -0.715. The zero-order valence-corrected chi connectivity index (χ0v) is 20.3. The molecule has 12 heteroatoms. The van der Waals surface area contributed by atoms with Crippen molar-refractivity contribution in [1.82, 2.24) is 24.3 Å². The highest BCUT2D eigenvalue weighted by Gasteiger charge is 2.25. The third-order valence-corrected chi connectivity index (χ3v) is 6.09. The van der Waals surface area contributed by atoms with Crippen molar-refractivity contribution in [3.63, 3.8) is 0 Å². The first-order chi connectivity index (χ1) is 16.4. The number of thioether (sulfide) groups is 1. The number of para-hydroxylation sites is 1. The molecule has 0 fully saturated rings. The Balaban J connectivity index is 1.90. The molecule has 34 heavy (non-hydrogen) atoms. The zero-order chi connectivity index (χ0) is 24.7. The molecule has 0 aliphatic heterocycles. The summed E-state index contributed by atoms with van der Waals surface area (Å²) in [6, 6.07) is 9.57. The molecule has 0 unspecified atom stereocenters. The lowest BCUT2D eigenvalue weighted by atomic mass is 10.3. The third-order valence-electron chi connectivity index (χ3n) is 5.17. The second-order valence-electron chi connectivity index (χ2n) is 7.53. The van der Waals surface area contributed by atoms with Crippen molar-refractivity contribution in [3.8, 4) is 5.69 Å². The molecule has 2 aromatic heterocycles. The fourth-order valence-corrected chi connectivity index (χ4v) is 4.31. The van der Waals surface area contributed by atoms with E-state index in [2.05, 4.69) is 15.2 Å². The number of benzene rings is 1. The van der Waals surface area contributed by atoms with Gasteiger partial charge in [0, 0.05) is 25.9 Å². The predicted molar refractivity (Wildman–Crippen MR) is 132 cm³/mol. The van der Waals surface area contributed by atoms with E-state index in [9.17, 15) is 14.4 Å². The Morgan fingerprint density at radius 1 is 1.24 bits per heavy atom. The number of aromatic amines is 1. The number of anilines is 2. The van der Waals surface area contributed by atoms with Crippen LogP contribution >= 0.6 is 11.8 Å². The largest absolute Gasteiger partial charge is 0.383 e. The first kappa shape index (κ1) is 25.2.